The number of carbonyl (C=O) groups excluding carboxylic acids is 1. The number of halogens is 3. The van der Waals surface area contributed by atoms with Gasteiger partial charge >= 0.3 is 0 Å². The Labute approximate surface area is 105 Å². The molecule has 0 radical (unpaired) electrons. The average molecular weight is 267 g/mol. The largest absolute Gasteiger partial charge is 0.351 e. The number of likely N-dealkylation sites (N-methyl/N-ethyl adjacent to an activating group) is 1. The van der Waals surface area contributed by atoms with Crippen LogP contribution in [-0.2, 0) is 0 Å². The molecule has 0 heterocycles. The van der Waals surface area contributed by atoms with Gasteiger partial charge in [0.25, 0.3) is 5.91 Å². The van der Waals surface area contributed by atoms with Crippen LogP contribution in [-0.4, -0.2) is 26.0 Å². The summed E-state index contributed by atoms with van der Waals surface area (Å²) in [5, 5.41) is 5.66. The van der Waals surface area contributed by atoms with E-state index in [2.05, 4.69) is 10.6 Å². The second-order valence-corrected chi connectivity index (χ2v) is 3.39. The Morgan fingerprint density at radius 3 is 2.69 bits per heavy atom. The van der Waals surface area contributed by atoms with Crippen LogP contribution in [0.3, 0.4) is 0 Å². The van der Waals surface area contributed by atoms with E-state index in [0.717, 1.165) is 6.07 Å². The predicted octanol–water partition coefficient (Wildman–Crippen LogP) is 1.85. The van der Waals surface area contributed by atoms with Gasteiger partial charge in [-0.3, -0.25) is 4.79 Å². The van der Waals surface area contributed by atoms with Crippen molar-refractivity contribution >= 4 is 29.9 Å². The second-order valence-electron chi connectivity index (χ2n) is 2.98. The second kappa shape index (κ2) is 7.44. The highest BCUT2D eigenvalue weighted by Crippen LogP contribution is 2.16. The molecular formula is C10H13Cl2FN2O. The van der Waals surface area contributed by atoms with E-state index in [1.54, 1.807) is 7.05 Å². The standard InChI is InChI=1S/C10H12ClFN2O.ClH/c1-13-4-5-14-10(15)8-3-2-7(12)6-9(8)11;/h2-3,6,13H,4-5H2,1H3,(H,14,15);1H. The molecule has 0 saturated heterocycles. The van der Waals surface area contributed by atoms with Crippen molar-refractivity contribution in [3.05, 3.63) is 34.6 Å². The molecular weight excluding hydrogens is 254 g/mol. The SMILES string of the molecule is CNCCNC(=O)c1ccc(F)cc1Cl.Cl. The Morgan fingerprint density at radius 2 is 2.12 bits per heavy atom. The van der Waals surface area contributed by atoms with Crippen LogP contribution in [0.4, 0.5) is 4.39 Å². The Morgan fingerprint density at radius 1 is 1.44 bits per heavy atom. The van der Waals surface area contributed by atoms with Crippen molar-refractivity contribution < 1.29 is 9.18 Å². The first-order valence-electron chi connectivity index (χ1n) is 4.53. The van der Waals surface area contributed by atoms with Crippen LogP contribution in [0.1, 0.15) is 10.4 Å². The zero-order valence-corrected chi connectivity index (χ0v) is 10.3. The van der Waals surface area contributed by atoms with Crippen molar-refractivity contribution in [2.45, 2.75) is 0 Å². The third-order valence-corrected chi connectivity index (χ3v) is 2.15. The van der Waals surface area contributed by atoms with Gasteiger partial charge in [-0.15, -0.1) is 12.4 Å². The summed E-state index contributed by atoms with van der Waals surface area (Å²) in [4.78, 5) is 11.5. The molecule has 90 valence electrons. The van der Waals surface area contributed by atoms with Crippen molar-refractivity contribution in [2.24, 2.45) is 0 Å². The first kappa shape index (κ1) is 15.2. The lowest BCUT2D eigenvalue weighted by molar-refractivity contribution is 0.0954. The van der Waals surface area contributed by atoms with E-state index in [9.17, 15) is 9.18 Å². The van der Waals surface area contributed by atoms with Gasteiger partial charge in [0.2, 0.25) is 0 Å². The number of benzene rings is 1. The number of rotatable bonds is 4. The van der Waals surface area contributed by atoms with Crippen molar-refractivity contribution in [3.8, 4) is 0 Å². The van der Waals surface area contributed by atoms with Gasteiger partial charge in [0.15, 0.2) is 0 Å². The van der Waals surface area contributed by atoms with Crippen molar-refractivity contribution in [3.63, 3.8) is 0 Å². The molecule has 0 aliphatic heterocycles. The minimum Gasteiger partial charge on any atom is -0.351 e. The summed E-state index contributed by atoms with van der Waals surface area (Å²) >= 11 is 5.72. The lowest BCUT2D eigenvalue weighted by Crippen LogP contribution is -2.30. The quantitative estimate of drug-likeness (QED) is 0.817. The van der Waals surface area contributed by atoms with E-state index in [1.165, 1.54) is 12.1 Å². The molecule has 0 unspecified atom stereocenters. The maximum Gasteiger partial charge on any atom is 0.252 e. The number of hydrogen-bond donors (Lipinski definition) is 2. The number of amides is 1. The summed E-state index contributed by atoms with van der Waals surface area (Å²) in [6.45, 7) is 1.17. The van der Waals surface area contributed by atoms with E-state index in [-0.39, 0.29) is 28.9 Å². The topological polar surface area (TPSA) is 41.1 Å². The van der Waals surface area contributed by atoms with Gasteiger partial charge in [0, 0.05) is 13.1 Å². The fraction of sp³-hybridized carbons (Fsp3) is 0.300. The molecule has 0 fully saturated rings. The molecule has 0 aromatic heterocycles. The van der Waals surface area contributed by atoms with Gasteiger partial charge in [0.1, 0.15) is 5.82 Å². The molecule has 1 aromatic rings. The summed E-state index contributed by atoms with van der Waals surface area (Å²) in [6, 6.07) is 3.69. The summed E-state index contributed by atoms with van der Waals surface area (Å²) in [5.41, 5.74) is 0.286. The molecule has 0 spiro atoms. The minimum absolute atomic E-state index is 0. The van der Waals surface area contributed by atoms with Gasteiger partial charge < -0.3 is 10.6 Å². The monoisotopic (exact) mass is 266 g/mol. The summed E-state index contributed by atoms with van der Waals surface area (Å²) in [5.74, 6) is -0.748. The highest BCUT2D eigenvalue weighted by Gasteiger charge is 2.09. The zero-order valence-electron chi connectivity index (χ0n) is 8.72. The highest BCUT2D eigenvalue weighted by molar-refractivity contribution is 6.33. The molecule has 1 aromatic carbocycles. The number of nitrogens with one attached hydrogen (secondary N) is 2. The van der Waals surface area contributed by atoms with Crippen molar-refractivity contribution in [2.75, 3.05) is 20.1 Å². The van der Waals surface area contributed by atoms with Crippen LogP contribution < -0.4 is 10.6 Å². The van der Waals surface area contributed by atoms with E-state index in [1.807, 2.05) is 0 Å². The first-order valence-corrected chi connectivity index (χ1v) is 4.91. The van der Waals surface area contributed by atoms with Gasteiger partial charge in [-0.1, -0.05) is 11.6 Å². The van der Waals surface area contributed by atoms with E-state index >= 15 is 0 Å². The lowest BCUT2D eigenvalue weighted by atomic mass is 10.2. The molecule has 6 heteroatoms. The predicted molar refractivity (Wildman–Crippen MR) is 64.9 cm³/mol. The van der Waals surface area contributed by atoms with E-state index in [4.69, 9.17) is 11.6 Å². The number of carbonyl (C=O) groups is 1. The average Bonchev–Trinajstić information content (AvgIpc) is 2.17. The molecule has 0 aliphatic carbocycles. The van der Waals surface area contributed by atoms with Crippen LogP contribution in [0, 0.1) is 5.82 Å². The number of hydrogen-bond acceptors (Lipinski definition) is 2. The Bertz CT molecular complexity index is 361. The van der Waals surface area contributed by atoms with Crippen LogP contribution >= 0.6 is 24.0 Å². The van der Waals surface area contributed by atoms with Crippen LogP contribution in [0.15, 0.2) is 18.2 Å². The van der Waals surface area contributed by atoms with Crippen LogP contribution in [0.2, 0.25) is 5.02 Å². The van der Waals surface area contributed by atoms with Crippen LogP contribution in [0.5, 0.6) is 0 Å². The fourth-order valence-corrected chi connectivity index (χ4v) is 1.32. The fourth-order valence-electron chi connectivity index (χ4n) is 1.07. The zero-order chi connectivity index (χ0) is 11.3. The molecule has 0 bridgehead atoms. The van der Waals surface area contributed by atoms with Crippen molar-refractivity contribution in [1.82, 2.24) is 10.6 Å². The molecule has 0 atom stereocenters. The van der Waals surface area contributed by atoms with Gasteiger partial charge in [0.05, 0.1) is 10.6 Å². The maximum atomic E-state index is 12.7. The Kier molecular flexibility index (Phi) is 7.05. The molecule has 2 N–H and O–H groups in total. The Hall–Kier alpha value is -0.840. The van der Waals surface area contributed by atoms with Crippen LogP contribution in [0.25, 0.3) is 0 Å². The van der Waals surface area contributed by atoms with Crippen molar-refractivity contribution in [1.29, 1.82) is 0 Å². The third-order valence-electron chi connectivity index (χ3n) is 1.84. The molecule has 3 nitrogen and oxygen atoms in total. The third kappa shape index (κ3) is 4.35. The molecule has 0 aliphatic rings. The van der Waals surface area contributed by atoms with E-state index < -0.39 is 5.82 Å². The maximum absolute atomic E-state index is 12.7. The smallest absolute Gasteiger partial charge is 0.252 e. The minimum atomic E-state index is -0.452. The summed E-state index contributed by atoms with van der Waals surface area (Å²) in [6.07, 6.45) is 0. The van der Waals surface area contributed by atoms with Gasteiger partial charge in [-0.05, 0) is 25.2 Å². The first-order chi connectivity index (χ1) is 7.15. The Balaban J connectivity index is 0.00000225. The molecule has 1 amide bonds. The van der Waals surface area contributed by atoms with Gasteiger partial charge in [-0.2, -0.15) is 0 Å². The molecule has 0 saturated carbocycles. The molecule has 1 rings (SSSR count). The summed E-state index contributed by atoms with van der Waals surface area (Å²) < 4.78 is 12.7. The highest BCUT2D eigenvalue weighted by atomic mass is 35.5. The van der Waals surface area contributed by atoms with E-state index in [0.29, 0.717) is 13.1 Å². The normalized spacial score (nSPS) is 9.44. The summed E-state index contributed by atoms with van der Waals surface area (Å²) in [7, 11) is 1.79. The lowest BCUT2D eigenvalue weighted by Gasteiger charge is -2.06. The van der Waals surface area contributed by atoms with Gasteiger partial charge in [-0.25, -0.2) is 4.39 Å². The molecule has 16 heavy (non-hydrogen) atoms.